The van der Waals surface area contributed by atoms with Crippen molar-refractivity contribution in [2.45, 2.75) is 45.6 Å². The van der Waals surface area contributed by atoms with E-state index in [1.165, 1.54) is 6.42 Å². The van der Waals surface area contributed by atoms with E-state index in [4.69, 9.17) is 12.2 Å². The number of carbonyl (C=O) groups is 1. The molecule has 3 heteroatoms. The molecular weight excluding hydrogens is 200 g/mol. The summed E-state index contributed by atoms with van der Waals surface area (Å²) in [5.41, 5.74) is 6.08. The van der Waals surface area contributed by atoms with Crippen molar-refractivity contribution in [1.82, 2.24) is 4.90 Å². The molecular formula is C13H22N2O. The van der Waals surface area contributed by atoms with Crippen molar-refractivity contribution in [2.24, 2.45) is 11.1 Å². The van der Waals surface area contributed by atoms with E-state index >= 15 is 0 Å². The maximum atomic E-state index is 12.0. The van der Waals surface area contributed by atoms with E-state index in [1.807, 2.05) is 4.90 Å². The Morgan fingerprint density at radius 3 is 2.81 bits per heavy atom. The van der Waals surface area contributed by atoms with Crippen molar-refractivity contribution in [1.29, 1.82) is 0 Å². The van der Waals surface area contributed by atoms with E-state index < -0.39 is 6.04 Å². The van der Waals surface area contributed by atoms with Gasteiger partial charge in [-0.15, -0.1) is 12.3 Å². The molecule has 0 aromatic carbocycles. The Balaban J connectivity index is 2.55. The molecule has 1 unspecified atom stereocenters. The Bertz CT molecular complexity index is 291. The maximum Gasteiger partial charge on any atom is 0.240 e. The highest BCUT2D eigenvalue weighted by Gasteiger charge is 2.27. The van der Waals surface area contributed by atoms with Gasteiger partial charge in [-0.2, -0.15) is 0 Å². The average molecular weight is 222 g/mol. The largest absolute Gasteiger partial charge is 0.341 e. The molecule has 0 saturated carbocycles. The van der Waals surface area contributed by atoms with Crippen molar-refractivity contribution in [2.75, 3.05) is 13.1 Å². The zero-order chi connectivity index (χ0) is 12.2. The van der Waals surface area contributed by atoms with Gasteiger partial charge in [-0.25, -0.2) is 0 Å². The first-order valence-electron chi connectivity index (χ1n) is 5.94. The molecule has 3 nitrogen and oxygen atoms in total. The van der Waals surface area contributed by atoms with Gasteiger partial charge in [-0.05, 0) is 24.7 Å². The summed E-state index contributed by atoms with van der Waals surface area (Å²) in [7, 11) is 0. The van der Waals surface area contributed by atoms with Gasteiger partial charge in [0.1, 0.15) is 0 Å². The van der Waals surface area contributed by atoms with Crippen LogP contribution >= 0.6 is 0 Å². The fourth-order valence-corrected chi connectivity index (χ4v) is 2.09. The fraction of sp³-hybridized carbons (Fsp3) is 0.769. The minimum Gasteiger partial charge on any atom is -0.341 e. The van der Waals surface area contributed by atoms with Crippen molar-refractivity contribution < 1.29 is 4.79 Å². The Morgan fingerprint density at radius 1 is 1.50 bits per heavy atom. The van der Waals surface area contributed by atoms with Gasteiger partial charge in [0.05, 0.1) is 6.04 Å². The first kappa shape index (κ1) is 13.1. The second kappa shape index (κ2) is 5.36. The van der Waals surface area contributed by atoms with Crippen LogP contribution in [0.2, 0.25) is 0 Å². The van der Waals surface area contributed by atoms with E-state index in [-0.39, 0.29) is 5.91 Å². The molecule has 2 N–H and O–H groups in total. The summed E-state index contributed by atoms with van der Waals surface area (Å²) < 4.78 is 0. The third kappa shape index (κ3) is 3.53. The molecule has 1 aliphatic rings. The van der Waals surface area contributed by atoms with Crippen LogP contribution in [0, 0.1) is 17.8 Å². The van der Waals surface area contributed by atoms with Gasteiger partial charge >= 0.3 is 0 Å². The molecule has 0 spiro atoms. The standard InChI is InChI=1S/C13H22N2O/c1-4-6-11(14)12(16)15-9-5-7-13(2,3)8-10-15/h1,11H,5-10,14H2,2-3H3. The Hall–Kier alpha value is -1.01. The number of nitrogens with two attached hydrogens (primary N) is 1. The normalized spacial score (nSPS) is 22.0. The van der Waals surface area contributed by atoms with Crippen LogP contribution in [0.25, 0.3) is 0 Å². The topological polar surface area (TPSA) is 46.3 Å². The molecule has 1 rings (SSSR count). The van der Waals surface area contributed by atoms with Crippen molar-refractivity contribution in [3.63, 3.8) is 0 Å². The van der Waals surface area contributed by atoms with E-state index in [2.05, 4.69) is 19.8 Å². The van der Waals surface area contributed by atoms with Gasteiger partial charge in [0.25, 0.3) is 0 Å². The van der Waals surface area contributed by atoms with Crippen LogP contribution in [-0.2, 0) is 4.79 Å². The molecule has 1 heterocycles. The number of carbonyl (C=O) groups excluding carboxylic acids is 1. The number of nitrogens with zero attached hydrogens (tertiary/aromatic N) is 1. The summed E-state index contributed by atoms with van der Waals surface area (Å²) in [5, 5.41) is 0. The van der Waals surface area contributed by atoms with Crippen LogP contribution in [0.1, 0.15) is 39.5 Å². The predicted octanol–water partition coefficient (Wildman–Crippen LogP) is 1.38. The number of hydrogen-bond donors (Lipinski definition) is 1. The molecule has 90 valence electrons. The number of hydrogen-bond acceptors (Lipinski definition) is 2. The fourth-order valence-electron chi connectivity index (χ4n) is 2.09. The van der Waals surface area contributed by atoms with Crippen molar-refractivity contribution in [3.05, 3.63) is 0 Å². The van der Waals surface area contributed by atoms with Crippen LogP contribution in [0.15, 0.2) is 0 Å². The highest BCUT2D eigenvalue weighted by atomic mass is 16.2. The van der Waals surface area contributed by atoms with Crippen LogP contribution in [0.5, 0.6) is 0 Å². The molecule has 1 fully saturated rings. The Morgan fingerprint density at radius 2 is 2.19 bits per heavy atom. The molecule has 16 heavy (non-hydrogen) atoms. The number of rotatable bonds is 2. The lowest BCUT2D eigenvalue weighted by Gasteiger charge is -2.25. The third-order valence-electron chi connectivity index (χ3n) is 3.31. The second-order valence-electron chi connectivity index (χ2n) is 5.36. The van der Waals surface area contributed by atoms with Crippen LogP contribution in [0.3, 0.4) is 0 Å². The van der Waals surface area contributed by atoms with E-state index in [1.54, 1.807) is 0 Å². The summed E-state index contributed by atoms with van der Waals surface area (Å²) in [6.45, 7) is 6.13. The third-order valence-corrected chi connectivity index (χ3v) is 3.31. The van der Waals surface area contributed by atoms with Crippen molar-refractivity contribution in [3.8, 4) is 12.3 Å². The number of terminal acetylenes is 1. The SMILES string of the molecule is C#CCC(N)C(=O)N1CCCC(C)(C)CC1. The molecule has 0 radical (unpaired) electrons. The highest BCUT2D eigenvalue weighted by molar-refractivity contribution is 5.82. The molecule has 0 aliphatic carbocycles. The zero-order valence-corrected chi connectivity index (χ0v) is 10.3. The molecule has 1 saturated heterocycles. The lowest BCUT2D eigenvalue weighted by atomic mass is 9.85. The van der Waals surface area contributed by atoms with Crippen LogP contribution in [-0.4, -0.2) is 29.9 Å². The van der Waals surface area contributed by atoms with Gasteiger partial charge in [-0.3, -0.25) is 4.79 Å². The van der Waals surface area contributed by atoms with Crippen LogP contribution in [0.4, 0.5) is 0 Å². The molecule has 1 atom stereocenters. The molecule has 0 bridgehead atoms. The summed E-state index contributed by atoms with van der Waals surface area (Å²) >= 11 is 0. The number of likely N-dealkylation sites (tertiary alicyclic amines) is 1. The summed E-state index contributed by atoms with van der Waals surface area (Å²) in [6.07, 6.45) is 8.77. The minimum atomic E-state index is -0.522. The summed E-state index contributed by atoms with van der Waals surface area (Å²) in [5.74, 6) is 2.46. The Labute approximate surface area is 98.4 Å². The molecule has 1 aliphatic heterocycles. The van der Waals surface area contributed by atoms with Crippen molar-refractivity contribution >= 4 is 5.91 Å². The lowest BCUT2D eigenvalue weighted by molar-refractivity contribution is -0.132. The monoisotopic (exact) mass is 222 g/mol. The smallest absolute Gasteiger partial charge is 0.240 e. The lowest BCUT2D eigenvalue weighted by Crippen LogP contribution is -2.44. The van der Waals surface area contributed by atoms with Gasteiger partial charge < -0.3 is 10.6 Å². The Kier molecular flexibility index (Phi) is 4.37. The van der Waals surface area contributed by atoms with Gasteiger partial charge in [0.15, 0.2) is 0 Å². The minimum absolute atomic E-state index is 0.00986. The van der Waals surface area contributed by atoms with Gasteiger partial charge in [0.2, 0.25) is 5.91 Å². The zero-order valence-electron chi connectivity index (χ0n) is 10.3. The molecule has 1 amide bonds. The van der Waals surface area contributed by atoms with Gasteiger partial charge in [0, 0.05) is 19.5 Å². The van der Waals surface area contributed by atoms with E-state index in [0.29, 0.717) is 11.8 Å². The quantitative estimate of drug-likeness (QED) is 0.717. The number of amides is 1. The van der Waals surface area contributed by atoms with E-state index in [9.17, 15) is 4.79 Å². The summed E-state index contributed by atoms with van der Waals surface area (Å²) in [4.78, 5) is 13.8. The highest BCUT2D eigenvalue weighted by Crippen LogP contribution is 2.29. The van der Waals surface area contributed by atoms with Gasteiger partial charge in [-0.1, -0.05) is 13.8 Å². The first-order valence-corrected chi connectivity index (χ1v) is 5.94. The average Bonchev–Trinajstić information content (AvgIpc) is 2.39. The van der Waals surface area contributed by atoms with Crippen LogP contribution < -0.4 is 5.73 Å². The predicted molar refractivity (Wildman–Crippen MR) is 65.6 cm³/mol. The first-order chi connectivity index (χ1) is 7.46. The summed E-state index contributed by atoms with van der Waals surface area (Å²) in [6, 6.07) is -0.522. The molecule has 0 aromatic heterocycles. The van der Waals surface area contributed by atoms with E-state index in [0.717, 1.165) is 25.9 Å². The maximum absolute atomic E-state index is 12.0. The second-order valence-corrected chi connectivity index (χ2v) is 5.36. The molecule has 0 aromatic rings.